The van der Waals surface area contributed by atoms with Crippen molar-refractivity contribution in [1.82, 2.24) is 4.98 Å². The fourth-order valence-corrected chi connectivity index (χ4v) is 4.37. The molecule has 0 unspecified atom stereocenters. The fraction of sp³-hybridized carbons (Fsp3) is 0.292. The number of hydrogen-bond donors (Lipinski definition) is 0. The van der Waals surface area contributed by atoms with Gasteiger partial charge in [-0.3, -0.25) is 4.98 Å². The predicted octanol–water partition coefficient (Wildman–Crippen LogP) is 6.58. The number of fused-ring (bicyclic) bond motifs is 2. The first-order chi connectivity index (χ1) is 12.3. The topological polar surface area (TPSA) is 26.0 Å². The normalized spacial score (nSPS) is 15.4. The number of rotatable bonds is 0. The first-order valence-corrected chi connectivity index (χ1v) is 9.24. The van der Waals surface area contributed by atoms with Crippen LogP contribution in [0.5, 0.6) is 0 Å². The Morgan fingerprint density at radius 1 is 0.885 bits per heavy atom. The van der Waals surface area contributed by atoms with Gasteiger partial charge in [0.1, 0.15) is 11.2 Å². The molecule has 130 valence electrons. The van der Waals surface area contributed by atoms with E-state index in [0.717, 1.165) is 22.2 Å². The van der Waals surface area contributed by atoms with Crippen LogP contribution in [0.25, 0.3) is 33.2 Å². The van der Waals surface area contributed by atoms with E-state index in [-0.39, 0.29) is 10.8 Å². The van der Waals surface area contributed by atoms with E-state index in [1.165, 1.54) is 27.6 Å². The standard InChI is InChI=1S/C24H23NO/c1-23(2,3)14-9-10-15-17(13-14)24(4,5)16-7-6-8-18-20(16)21-19(26-18)11-12-25-22(15)21/h6-13H,1-5H3. The Morgan fingerprint density at radius 3 is 2.42 bits per heavy atom. The molecular formula is C24H23NO. The monoisotopic (exact) mass is 341 g/mol. The van der Waals surface area contributed by atoms with Crippen LogP contribution in [0.3, 0.4) is 0 Å². The SMILES string of the molecule is CC(C)(C)c1ccc2c(c1)C(C)(C)c1cccc3oc4ccnc-2c4c13. The van der Waals surface area contributed by atoms with Crippen LogP contribution in [0, 0.1) is 0 Å². The molecule has 4 aromatic rings. The van der Waals surface area contributed by atoms with Crippen molar-refractivity contribution in [3.05, 3.63) is 65.4 Å². The Labute approximate surface area is 153 Å². The maximum atomic E-state index is 6.16. The van der Waals surface area contributed by atoms with Crippen molar-refractivity contribution >= 4 is 21.9 Å². The molecule has 0 radical (unpaired) electrons. The van der Waals surface area contributed by atoms with Crippen LogP contribution in [0.15, 0.2) is 53.1 Å². The van der Waals surface area contributed by atoms with Crippen molar-refractivity contribution in [2.24, 2.45) is 0 Å². The Kier molecular flexibility index (Phi) is 2.86. The Balaban J connectivity index is 2.01. The highest BCUT2D eigenvalue weighted by Crippen LogP contribution is 2.49. The van der Waals surface area contributed by atoms with E-state index in [0.29, 0.717) is 0 Å². The molecule has 0 saturated carbocycles. The summed E-state index contributed by atoms with van der Waals surface area (Å²) in [6, 6.07) is 15.3. The van der Waals surface area contributed by atoms with Gasteiger partial charge < -0.3 is 4.42 Å². The molecule has 0 spiro atoms. The van der Waals surface area contributed by atoms with Gasteiger partial charge in [-0.1, -0.05) is 65.0 Å². The second-order valence-electron chi connectivity index (χ2n) is 8.95. The number of nitrogens with zero attached hydrogens (tertiary/aromatic N) is 1. The smallest absolute Gasteiger partial charge is 0.139 e. The summed E-state index contributed by atoms with van der Waals surface area (Å²) in [4.78, 5) is 4.79. The summed E-state index contributed by atoms with van der Waals surface area (Å²) in [6.07, 6.45) is 1.86. The zero-order valence-electron chi connectivity index (χ0n) is 16.0. The lowest BCUT2D eigenvalue weighted by atomic mass is 9.73. The van der Waals surface area contributed by atoms with Gasteiger partial charge >= 0.3 is 0 Å². The van der Waals surface area contributed by atoms with E-state index >= 15 is 0 Å². The third-order valence-electron chi connectivity index (χ3n) is 5.90. The van der Waals surface area contributed by atoms with Gasteiger partial charge in [-0.15, -0.1) is 0 Å². The molecule has 0 fully saturated rings. The molecule has 0 atom stereocenters. The van der Waals surface area contributed by atoms with Crippen molar-refractivity contribution in [3.8, 4) is 11.3 Å². The van der Waals surface area contributed by atoms with Gasteiger partial charge in [-0.05, 0) is 34.2 Å². The highest BCUT2D eigenvalue weighted by Gasteiger charge is 2.34. The van der Waals surface area contributed by atoms with Gasteiger partial charge in [-0.25, -0.2) is 0 Å². The van der Waals surface area contributed by atoms with Gasteiger partial charge in [-0.2, -0.15) is 0 Å². The largest absolute Gasteiger partial charge is 0.456 e. The Hall–Kier alpha value is -2.61. The minimum absolute atomic E-state index is 0.111. The molecule has 2 heteroatoms. The summed E-state index contributed by atoms with van der Waals surface area (Å²) in [5, 5.41) is 2.36. The minimum atomic E-state index is -0.131. The van der Waals surface area contributed by atoms with Gasteiger partial charge in [0.15, 0.2) is 0 Å². The van der Waals surface area contributed by atoms with Crippen molar-refractivity contribution in [1.29, 1.82) is 0 Å². The molecule has 1 aliphatic carbocycles. The van der Waals surface area contributed by atoms with Crippen LogP contribution in [-0.2, 0) is 10.8 Å². The van der Waals surface area contributed by atoms with Crippen molar-refractivity contribution < 1.29 is 4.42 Å². The molecule has 2 heterocycles. The summed E-state index contributed by atoms with van der Waals surface area (Å²) < 4.78 is 6.16. The van der Waals surface area contributed by atoms with E-state index < -0.39 is 0 Å². The maximum absolute atomic E-state index is 6.16. The molecule has 0 amide bonds. The molecule has 1 aliphatic rings. The number of aromatic nitrogens is 1. The van der Waals surface area contributed by atoms with Crippen LogP contribution in [0.2, 0.25) is 0 Å². The molecule has 0 aliphatic heterocycles. The minimum Gasteiger partial charge on any atom is -0.456 e. The van der Waals surface area contributed by atoms with Gasteiger partial charge in [0.2, 0.25) is 0 Å². The Morgan fingerprint density at radius 2 is 1.65 bits per heavy atom. The first-order valence-electron chi connectivity index (χ1n) is 9.24. The lowest BCUT2D eigenvalue weighted by molar-refractivity contribution is 0.583. The molecule has 0 N–H and O–H groups in total. The summed E-state index contributed by atoms with van der Waals surface area (Å²) in [7, 11) is 0. The molecule has 26 heavy (non-hydrogen) atoms. The summed E-state index contributed by atoms with van der Waals surface area (Å²) in [5.41, 5.74) is 8.11. The highest BCUT2D eigenvalue weighted by atomic mass is 16.3. The van der Waals surface area contributed by atoms with Crippen LogP contribution < -0.4 is 0 Å². The summed E-state index contributed by atoms with van der Waals surface area (Å²) in [5.74, 6) is 0. The lowest BCUT2D eigenvalue weighted by Gasteiger charge is -2.30. The predicted molar refractivity (Wildman–Crippen MR) is 108 cm³/mol. The van der Waals surface area contributed by atoms with E-state index in [1.807, 2.05) is 12.3 Å². The zero-order valence-corrected chi connectivity index (χ0v) is 16.0. The van der Waals surface area contributed by atoms with Crippen LogP contribution in [0.4, 0.5) is 0 Å². The van der Waals surface area contributed by atoms with E-state index in [4.69, 9.17) is 9.40 Å². The quantitative estimate of drug-likeness (QED) is 0.361. The molecule has 5 rings (SSSR count). The molecule has 2 nitrogen and oxygen atoms in total. The molecule has 2 aromatic heterocycles. The van der Waals surface area contributed by atoms with Crippen molar-refractivity contribution in [2.75, 3.05) is 0 Å². The molecule has 2 aromatic carbocycles. The lowest BCUT2D eigenvalue weighted by Crippen LogP contribution is -2.21. The van der Waals surface area contributed by atoms with Gasteiger partial charge in [0.05, 0.1) is 11.1 Å². The first kappa shape index (κ1) is 15.6. The molecular weight excluding hydrogens is 318 g/mol. The summed E-state index contributed by atoms with van der Waals surface area (Å²) >= 11 is 0. The second-order valence-corrected chi connectivity index (χ2v) is 8.95. The average Bonchev–Trinajstić information content (AvgIpc) is 2.95. The van der Waals surface area contributed by atoms with Gasteiger partial charge in [0, 0.05) is 22.6 Å². The third-order valence-corrected chi connectivity index (χ3v) is 5.90. The maximum Gasteiger partial charge on any atom is 0.139 e. The second kappa shape index (κ2) is 4.76. The number of pyridine rings is 1. The zero-order chi connectivity index (χ0) is 18.3. The molecule has 0 saturated heterocycles. The van der Waals surface area contributed by atoms with E-state index in [1.54, 1.807) is 0 Å². The average molecular weight is 341 g/mol. The van der Waals surface area contributed by atoms with Crippen LogP contribution in [0.1, 0.15) is 51.3 Å². The van der Waals surface area contributed by atoms with Crippen molar-refractivity contribution in [2.45, 2.75) is 45.4 Å². The third kappa shape index (κ3) is 1.90. The fourth-order valence-electron chi connectivity index (χ4n) is 4.37. The highest BCUT2D eigenvalue weighted by molar-refractivity contribution is 6.14. The molecule has 0 bridgehead atoms. The van der Waals surface area contributed by atoms with Crippen LogP contribution in [-0.4, -0.2) is 4.98 Å². The number of hydrogen-bond acceptors (Lipinski definition) is 2. The Bertz CT molecular complexity index is 1190. The van der Waals surface area contributed by atoms with Gasteiger partial charge in [0.25, 0.3) is 0 Å². The number of benzene rings is 2. The number of furan rings is 1. The van der Waals surface area contributed by atoms with Crippen molar-refractivity contribution in [3.63, 3.8) is 0 Å². The van der Waals surface area contributed by atoms with E-state index in [2.05, 4.69) is 71.0 Å². The van der Waals surface area contributed by atoms with Crippen LogP contribution >= 0.6 is 0 Å². The summed E-state index contributed by atoms with van der Waals surface area (Å²) in [6.45, 7) is 11.4. The van der Waals surface area contributed by atoms with E-state index in [9.17, 15) is 0 Å².